The fourth-order valence-electron chi connectivity index (χ4n) is 4.77. The van der Waals surface area contributed by atoms with Gasteiger partial charge in [0.05, 0.1) is 11.5 Å². The summed E-state index contributed by atoms with van der Waals surface area (Å²) in [5, 5.41) is 18.9. The van der Waals surface area contributed by atoms with Crippen LogP contribution in [0.5, 0.6) is 0 Å². The van der Waals surface area contributed by atoms with E-state index in [0.717, 1.165) is 24.1 Å². The number of hydrogen-bond acceptors (Lipinski definition) is 6. The van der Waals surface area contributed by atoms with Crippen molar-refractivity contribution in [1.82, 2.24) is 10.6 Å². The molecule has 1 aliphatic carbocycles. The van der Waals surface area contributed by atoms with Gasteiger partial charge in [-0.05, 0) is 61.2 Å². The van der Waals surface area contributed by atoms with Gasteiger partial charge in [0.1, 0.15) is 6.04 Å². The van der Waals surface area contributed by atoms with Crippen LogP contribution in [-0.2, 0) is 20.8 Å². The minimum atomic E-state index is -1.11. The van der Waals surface area contributed by atoms with E-state index in [1.165, 1.54) is 6.92 Å². The number of carboxylic acid groups (broad SMARTS) is 1. The molecule has 0 aliphatic heterocycles. The highest BCUT2D eigenvalue weighted by molar-refractivity contribution is 6.30. The lowest BCUT2D eigenvalue weighted by Crippen LogP contribution is -2.49. The molecule has 0 spiro atoms. The van der Waals surface area contributed by atoms with Crippen molar-refractivity contribution in [2.45, 2.75) is 57.5 Å². The Balaban J connectivity index is 1.55. The summed E-state index contributed by atoms with van der Waals surface area (Å²) in [5.41, 5.74) is 7.34. The highest BCUT2D eigenvalue weighted by atomic mass is 35.5. The second kappa shape index (κ2) is 13.4. The Morgan fingerprint density at radius 3 is 2.24 bits per heavy atom. The van der Waals surface area contributed by atoms with Crippen LogP contribution in [0.25, 0.3) is 0 Å². The van der Waals surface area contributed by atoms with Gasteiger partial charge in [0.15, 0.2) is 5.78 Å². The van der Waals surface area contributed by atoms with Crippen LogP contribution in [0.1, 0.15) is 54.9 Å². The molecular formula is C28H35ClN4O5. The summed E-state index contributed by atoms with van der Waals surface area (Å²) in [6, 6.07) is 11.8. The highest BCUT2D eigenvalue weighted by Gasteiger charge is 2.42. The molecule has 204 valence electrons. The van der Waals surface area contributed by atoms with E-state index in [9.17, 15) is 24.3 Å². The summed E-state index contributed by atoms with van der Waals surface area (Å²) in [4.78, 5) is 48.9. The van der Waals surface area contributed by atoms with Gasteiger partial charge >= 0.3 is 5.97 Å². The van der Waals surface area contributed by atoms with Gasteiger partial charge in [-0.25, -0.2) is 4.79 Å². The monoisotopic (exact) mass is 542 g/mol. The number of carbonyl (C=O) groups is 4. The number of hydrogen-bond donors (Lipinski definition) is 5. The predicted molar refractivity (Wildman–Crippen MR) is 146 cm³/mol. The average Bonchev–Trinajstić information content (AvgIpc) is 3.37. The van der Waals surface area contributed by atoms with Crippen LogP contribution < -0.4 is 21.7 Å². The average molecular weight is 543 g/mol. The van der Waals surface area contributed by atoms with Gasteiger partial charge in [0.2, 0.25) is 11.8 Å². The second-order valence-corrected chi connectivity index (χ2v) is 10.3. The number of anilines is 1. The first-order valence-corrected chi connectivity index (χ1v) is 13.1. The van der Waals surface area contributed by atoms with Crippen LogP contribution in [0.15, 0.2) is 48.5 Å². The number of benzene rings is 2. The van der Waals surface area contributed by atoms with E-state index in [1.807, 2.05) is 0 Å². The third kappa shape index (κ3) is 8.03. The molecule has 0 heterocycles. The molecule has 0 aromatic heterocycles. The van der Waals surface area contributed by atoms with Crippen molar-refractivity contribution in [1.29, 1.82) is 0 Å². The van der Waals surface area contributed by atoms with E-state index in [4.69, 9.17) is 17.3 Å². The summed E-state index contributed by atoms with van der Waals surface area (Å²) >= 11 is 5.87. The van der Waals surface area contributed by atoms with Crippen molar-refractivity contribution in [2.75, 3.05) is 18.4 Å². The summed E-state index contributed by atoms with van der Waals surface area (Å²) < 4.78 is 0. The van der Waals surface area contributed by atoms with E-state index in [-0.39, 0.29) is 30.6 Å². The van der Waals surface area contributed by atoms with Gasteiger partial charge in [0.25, 0.3) is 0 Å². The van der Waals surface area contributed by atoms with Crippen molar-refractivity contribution in [2.24, 2.45) is 11.1 Å². The summed E-state index contributed by atoms with van der Waals surface area (Å²) in [7, 11) is 0. The Hall–Kier alpha value is -3.43. The maximum Gasteiger partial charge on any atom is 0.326 e. The normalized spacial score (nSPS) is 15.8. The standard InChI is InChI=1S/C28H35ClN4O5/c1-18(34)31-15-14-28(12-2-3-13-28)27(38)33-24(26(36)37)16-19-4-10-22(11-5-19)32-17-23(30)25(35)20-6-8-21(29)9-7-20/h4-11,23-24,32H,2-3,12-17,30H2,1H3,(H,31,34)(H,33,38)(H,36,37)/t23-,24+/m1/s1. The Kier molecular flexibility index (Phi) is 10.3. The molecule has 1 fully saturated rings. The van der Waals surface area contributed by atoms with Crippen molar-refractivity contribution >= 4 is 40.9 Å². The van der Waals surface area contributed by atoms with Crippen LogP contribution in [0, 0.1) is 5.41 Å². The number of halogens is 1. The zero-order valence-corrected chi connectivity index (χ0v) is 22.2. The molecule has 0 saturated heterocycles. The maximum absolute atomic E-state index is 13.2. The number of amides is 2. The molecule has 2 amide bonds. The number of carboxylic acids is 1. The van der Waals surface area contributed by atoms with E-state index in [1.54, 1.807) is 48.5 Å². The zero-order chi connectivity index (χ0) is 27.7. The number of carbonyl (C=O) groups excluding carboxylic acids is 3. The van der Waals surface area contributed by atoms with Crippen LogP contribution in [-0.4, -0.2) is 53.8 Å². The lowest BCUT2D eigenvalue weighted by atomic mass is 9.81. The Morgan fingerprint density at radius 2 is 1.66 bits per heavy atom. The maximum atomic E-state index is 13.2. The molecule has 2 atom stereocenters. The molecule has 0 unspecified atom stereocenters. The van der Waals surface area contributed by atoms with Crippen molar-refractivity contribution < 1.29 is 24.3 Å². The smallest absolute Gasteiger partial charge is 0.326 e. The van der Waals surface area contributed by atoms with Crippen molar-refractivity contribution in [3.05, 3.63) is 64.7 Å². The van der Waals surface area contributed by atoms with E-state index >= 15 is 0 Å². The molecule has 3 rings (SSSR count). The first-order chi connectivity index (χ1) is 18.1. The molecule has 2 aromatic rings. The first-order valence-electron chi connectivity index (χ1n) is 12.8. The van der Waals surface area contributed by atoms with Crippen LogP contribution in [0.2, 0.25) is 5.02 Å². The zero-order valence-electron chi connectivity index (χ0n) is 21.5. The molecule has 38 heavy (non-hydrogen) atoms. The molecular weight excluding hydrogens is 508 g/mol. The van der Waals surface area contributed by atoms with Crippen LogP contribution in [0.4, 0.5) is 5.69 Å². The number of ketones is 1. The SMILES string of the molecule is CC(=O)NCCC1(C(=O)N[C@@H](Cc2ccc(NC[C@@H](N)C(=O)c3ccc(Cl)cc3)cc2)C(=O)O)CCCC1. The van der Waals surface area contributed by atoms with Crippen LogP contribution in [0.3, 0.4) is 0 Å². The third-order valence-corrected chi connectivity index (χ3v) is 7.26. The number of rotatable bonds is 13. The van der Waals surface area contributed by atoms with Gasteiger partial charge < -0.3 is 26.8 Å². The fraction of sp³-hybridized carbons (Fsp3) is 0.429. The largest absolute Gasteiger partial charge is 0.480 e. The lowest BCUT2D eigenvalue weighted by Gasteiger charge is -2.29. The molecule has 6 N–H and O–H groups in total. The fourth-order valence-corrected chi connectivity index (χ4v) is 4.90. The molecule has 0 radical (unpaired) electrons. The van der Waals surface area contributed by atoms with Gasteiger partial charge in [0, 0.05) is 42.7 Å². The molecule has 2 aromatic carbocycles. The predicted octanol–water partition coefficient (Wildman–Crippen LogP) is 3.16. The summed E-state index contributed by atoms with van der Waals surface area (Å²) in [5.74, 6) is -1.74. The minimum absolute atomic E-state index is 0.123. The number of Topliss-reactive ketones (excluding diaryl/α,β-unsaturated/α-hetero) is 1. The summed E-state index contributed by atoms with van der Waals surface area (Å²) in [6.45, 7) is 2.02. The van der Waals surface area contributed by atoms with Gasteiger partial charge in [-0.1, -0.05) is 36.6 Å². The molecule has 1 saturated carbocycles. The van der Waals surface area contributed by atoms with E-state index in [0.29, 0.717) is 36.4 Å². The molecule has 0 bridgehead atoms. The first kappa shape index (κ1) is 29.1. The quantitative estimate of drug-likeness (QED) is 0.244. The minimum Gasteiger partial charge on any atom is -0.480 e. The highest BCUT2D eigenvalue weighted by Crippen LogP contribution is 2.41. The second-order valence-electron chi connectivity index (χ2n) is 9.84. The molecule has 9 nitrogen and oxygen atoms in total. The van der Waals surface area contributed by atoms with Crippen molar-refractivity contribution in [3.63, 3.8) is 0 Å². The van der Waals surface area contributed by atoms with E-state index in [2.05, 4.69) is 16.0 Å². The van der Waals surface area contributed by atoms with Gasteiger partial charge in [-0.2, -0.15) is 0 Å². The number of aliphatic carboxylic acids is 1. The number of nitrogens with two attached hydrogens (primary N) is 1. The summed E-state index contributed by atoms with van der Waals surface area (Å²) in [6.07, 6.45) is 3.75. The van der Waals surface area contributed by atoms with Gasteiger partial charge in [-0.15, -0.1) is 0 Å². The molecule has 1 aliphatic rings. The number of nitrogens with one attached hydrogen (secondary N) is 3. The Labute approximate surface area is 227 Å². The Bertz CT molecular complexity index is 1130. The Morgan fingerprint density at radius 1 is 1.03 bits per heavy atom. The van der Waals surface area contributed by atoms with Gasteiger partial charge in [-0.3, -0.25) is 14.4 Å². The topological polar surface area (TPSA) is 151 Å². The van der Waals surface area contributed by atoms with Crippen molar-refractivity contribution in [3.8, 4) is 0 Å². The van der Waals surface area contributed by atoms with Crippen LogP contribution >= 0.6 is 11.6 Å². The van der Waals surface area contributed by atoms with E-state index < -0.39 is 23.5 Å². The molecule has 10 heteroatoms. The lowest BCUT2D eigenvalue weighted by molar-refractivity contribution is -0.144. The third-order valence-electron chi connectivity index (χ3n) is 7.01.